The Labute approximate surface area is 185 Å². The van der Waals surface area contributed by atoms with Crippen LogP contribution in [0.2, 0.25) is 5.02 Å². The predicted molar refractivity (Wildman–Crippen MR) is 123 cm³/mol. The largest absolute Gasteiger partial charge is 0.382 e. The molecule has 2 heterocycles. The Kier molecular flexibility index (Phi) is 5.38. The summed E-state index contributed by atoms with van der Waals surface area (Å²) in [4.78, 5) is 21.6. The summed E-state index contributed by atoms with van der Waals surface area (Å²) in [5.41, 5.74) is 5.99. The van der Waals surface area contributed by atoms with Crippen LogP contribution in [0.5, 0.6) is 0 Å². The molecule has 0 saturated heterocycles. The second kappa shape index (κ2) is 7.88. The van der Waals surface area contributed by atoms with E-state index in [1.807, 2.05) is 29.7 Å². The van der Waals surface area contributed by atoms with Crippen molar-refractivity contribution < 1.29 is 5.11 Å². The van der Waals surface area contributed by atoms with E-state index >= 15 is 0 Å². The van der Waals surface area contributed by atoms with Gasteiger partial charge in [-0.1, -0.05) is 35.6 Å². The minimum atomic E-state index is -1.19. The molecule has 2 aromatic heterocycles. The van der Waals surface area contributed by atoms with Crippen LogP contribution >= 0.6 is 11.6 Å². The van der Waals surface area contributed by atoms with Crippen molar-refractivity contribution in [2.45, 2.75) is 51.3 Å². The highest BCUT2D eigenvalue weighted by Gasteiger charge is 2.29. The molecule has 1 unspecified atom stereocenters. The minimum absolute atomic E-state index is 0.0847. The fourth-order valence-electron chi connectivity index (χ4n) is 3.52. The van der Waals surface area contributed by atoms with Gasteiger partial charge in [-0.3, -0.25) is 4.79 Å². The van der Waals surface area contributed by atoms with E-state index in [0.717, 1.165) is 23.9 Å². The molecular weight excluding hydrogens is 414 g/mol. The van der Waals surface area contributed by atoms with Crippen molar-refractivity contribution in [3.05, 3.63) is 57.2 Å². The van der Waals surface area contributed by atoms with Gasteiger partial charge in [-0.05, 0) is 51.1 Å². The van der Waals surface area contributed by atoms with Crippen molar-refractivity contribution in [2.75, 3.05) is 11.1 Å². The molecule has 7 nitrogen and oxygen atoms in total. The van der Waals surface area contributed by atoms with E-state index in [-0.39, 0.29) is 23.5 Å². The fourth-order valence-corrected chi connectivity index (χ4v) is 3.79. The molecule has 1 aliphatic rings. The number of pyridine rings is 1. The Balaban J connectivity index is 1.79. The van der Waals surface area contributed by atoms with Gasteiger partial charge in [0, 0.05) is 11.7 Å². The van der Waals surface area contributed by atoms with Crippen molar-refractivity contribution in [3.63, 3.8) is 0 Å². The number of rotatable bonds is 4. The zero-order valence-electron chi connectivity index (χ0n) is 17.6. The lowest BCUT2D eigenvalue weighted by atomic mass is 10.1. The normalized spacial score (nSPS) is 14.7. The molecule has 8 heteroatoms. The first kappa shape index (κ1) is 21.2. The number of nitrogen functional groups attached to an aromatic ring is 1. The van der Waals surface area contributed by atoms with Gasteiger partial charge in [0.1, 0.15) is 29.1 Å². The number of aromatic nitrogens is 3. The van der Waals surface area contributed by atoms with E-state index < -0.39 is 5.60 Å². The predicted octanol–water partition coefficient (Wildman–Crippen LogP) is 3.66. The average molecular weight is 438 g/mol. The maximum Gasteiger partial charge on any atom is 0.260 e. The SMILES string of the molecule is CC(Nc1ncnc(N)c1C#CC(C)(C)O)c1cc2cccc(Cl)c2c(=O)n1C1CC1. The third-order valence-electron chi connectivity index (χ3n) is 5.14. The molecule has 0 bridgehead atoms. The number of hydrogen-bond acceptors (Lipinski definition) is 6. The van der Waals surface area contributed by atoms with Crippen LogP contribution < -0.4 is 16.6 Å². The van der Waals surface area contributed by atoms with Crippen LogP contribution in [-0.4, -0.2) is 25.2 Å². The highest BCUT2D eigenvalue weighted by Crippen LogP contribution is 2.37. The molecule has 1 fully saturated rings. The van der Waals surface area contributed by atoms with Gasteiger partial charge >= 0.3 is 0 Å². The molecule has 1 saturated carbocycles. The van der Waals surface area contributed by atoms with Crippen LogP contribution in [0.3, 0.4) is 0 Å². The summed E-state index contributed by atoms with van der Waals surface area (Å²) in [5, 5.41) is 15.1. The van der Waals surface area contributed by atoms with Crippen LogP contribution in [-0.2, 0) is 0 Å². The summed E-state index contributed by atoms with van der Waals surface area (Å²) >= 11 is 6.34. The molecule has 0 amide bonds. The zero-order chi connectivity index (χ0) is 22.3. The summed E-state index contributed by atoms with van der Waals surface area (Å²) in [6, 6.07) is 7.35. The molecule has 4 N–H and O–H groups in total. The molecule has 0 aliphatic heterocycles. The van der Waals surface area contributed by atoms with Gasteiger partial charge in [-0.25, -0.2) is 9.97 Å². The summed E-state index contributed by atoms with van der Waals surface area (Å²) < 4.78 is 1.83. The van der Waals surface area contributed by atoms with E-state index in [4.69, 9.17) is 17.3 Å². The number of halogens is 1. The number of anilines is 2. The summed E-state index contributed by atoms with van der Waals surface area (Å²) in [6.45, 7) is 5.13. The van der Waals surface area contributed by atoms with E-state index in [2.05, 4.69) is 27.1 Å². The molecular formula is C23H24ClN5O2. The number of aliphatic hydroxyl groups is 1. The number of hydrogen-bond donors (Lipinski definition) is 3. The topological polar surface area (TPSA) is 106 Å². The maximum absolute atomic E-state index is 13.3. The van der Waals surface area contributed by atoms with Crippen LogP contribution in [0.25, 0.3) is 10.8 Å². The molecule has 0 radical (unpaired) electrons. The second-order valence-electron chi connectivity index (χ2n) is 8.34. The van der Waals surface area contributed by atoms with Crippen molar-refractivity contribution >= 4 is 34.0 Å². The average Bonchev–Trinajstić information content (AvgIpc) is 3.51. The molecule has 3 aromatic rings. The third kappa shape index (κ3) is 4.36. The third-order valence-corrected chi connectivity index (χ3v) is 5.45. The van der Waals surface area contributed by atoms with E-state index in [0.29, 0.717) is 21.8 Å². The first-order chi connectivity index (χ1) is 14.7. The summed E-state index contributed by atoms with van der Waals surface area (Å²) in [7, 11) is 0. The number of nitrogens with two attached hydrogens (primary N) is 1. The van der Waals surface area contributed by atoms with Crippen LogP contribution in [0.4, 0.5) is 11.6 Å². The Morgan fingerprint density at radius 1 is 1.35 bits per heavy atom. The van der Waals surface area contributed by atoms with Crippen molar-refractivity contribution in [1.29, 1.82) is 0 Å². The van der Waals surface area contributed by atoms with Crippen LogP contribution in [0.15, 0.2) is 35.4 Å². The highest BCUT2D eigenvalue weighted by atomic mass is 35.5. The van der Waals surface area contributed by atoms with Gasteiger partial charge in [0.15, 0.2) is 0 Å². The molecule has 0 spiro atoms. The molecule has 1 aliphatic carbocycles. The van der Waals surface area contributed by atoms with Crippen molar-refractivity contribution in [3.8, 4) is 11.8 Å². The van der Waals surface area contributed by atoms with Gasteiger partial charge in [-0.15, -0.1) is 0 Å². The maximum atomic E-state index is 13.3. The van der Waals surface area contributed by atoms with Gasteiger partial charge in [-0.2, -0.15) is 0 Å². The second-order valence-corrected chi connectivity index (χ2v) is 8.74. The quantitative estimate of drug-likeness (QED) is 0.538. The number of benzene rings is 1. The first-order valence-corrected chi connectivity index (χ1v) is 10.5. The van der Waals surface area contributed by atoms with Gasteiger partial charge in [0.25, 0.3) is 5.56 Å². The van der Waals surface area contributed by atoms with E-state index in [9.17, 15) is 9.90 Å². The van der Waals surface area contributed by atoms with Crippen molar-refractivity contribution in [1.82, 2.24) is 14.5 Å². The standard InChI is InChI=1S/C23H24ClN5O2/c1-13(28-21-16(9-10-23(2,3)31)20(25)26-12-27-21)18-11-14-5-4-6-17(24)19(14)22(30)29(18)15-7-8-15/h4-6,11-13,15,31H,7-8H2,1-3H3,(H3,25,26,27,28). The van der Waals surface area contributed by atoms with Gasteiger partial charge in [0.05, 0.1) is 16.5 Å². The minimum Gasteiger partial charge on any atom is -0.382 e. The molecule has 31 heavy (non-hydrogen) atoms. The lowest BCUT2D eigenvalue weighted by molar-refractivity contribution is 0.143. The molecule has 4 rings (SSSR count). The van der Waals surface area contributed by atoms with Crippen LogP contribution in [0, 0.1) is 11.8 Å². The molecule has 1 atom stereocenters. The lowest BCUT2D eigenvalue weighted by Gasteiger charge is -2.22. The Bertz CT molecular complexity index is 1280. The molecule has 1 aromatic carbocycles. The van der Waals surface area contributed by atoms with E-state index in [1.165, 1.54) is 6.33 Å². The zero-order valence-corrected chi connectivity index (χ0v) is 18.4. The Hall–Kier alpha value is -3.08. The first-order valence-electron chi connectivity index (χ1n) is 10.1. The number of nitrogens with one attached hydrogen (secondary N) is 1. The fraction of sp³-hybridized carbons (Fsp3) is 0.348. The lowest BCUT2D eigenvalue weighted by Crippen LogP contribution is -2.26. The van der Waals surface area contributed by atoms with Gasteiger partial charge < -0.3 is 20.7 Å². The van der Waals surface area contributed by atoms with Gasteiger partial charge in [0.2, 0.25) is 0 Å². The Morgan fingerprint density at radius 3 is 2.77 bits per heavy atom. The van der Waals surface area contributed by atoms with Crippen molar-refractivity contribution in [2.24, 2.45) is 0 Å². The van der Waals surface area contributed by atoms with E-state index in [1.54, 1.807) is 19.9 Å². The number of nitrogens with zero attached hydrogens (tertiary/aromatic N) is 3. The monoisotopic (exact) mass is 437 g/mol. The smallest absolute Gasteiger partial charge is 0.260 e. The highest BCUT2D eigenvalue weighted by molar-refractivity contribution is 6.35. The number of fused-ring (bicyclic) bond motifs is 1. The summed E-state index contributed by atoms with van der Waals surface area (Å²) in [6.07, 6.45) is 3.27. The Morgan fingerprint density at radius 2 is 2.10 bits per heavy atom. The van der Waals surface area contributed by atoms with Crippen LogP contribution in [0.1, 0.15) is 57.0 Å². The summed E-state index contributed by atoms with van der Waals surface area (Å²) in [5.74, 6) is 6.28. The molecule has 160 valence electrons.